The monoisotopic (exact) mass is 763 g/mol. The van der Waals surface area contributed by atoms with Crippen LogP contribution in [0.1, 0.15) is 140 Å². The Hall–Kier alpha value is -4.30. The summed E-state index contributed by atoms with van der Waals surface area (Å²) < 4.78 is 7.30. The number of fused-ring (bicyclic) bond motifs is 9. The molecule has 2 nitrogen and oxygen atoms in total. The van der Waals surface area contributed by atoms with Gasteiger partial charge in [0.15, 0.2) is 0 Å². The summed E-state index contributed by atoms with van der Waals surface area (Å²) in [5.74, 6) is 5.39. The molecule has 7 aliphatic rings. The van der Waals surface area contributed by atoms with Crippen LogP contribution >= 0.6 is 0 Å². The summed E-state index contributed by atoms with van der Waals surface area (Å²) in [6, 6.07) is 40.1. The van der Waals surface area contributed by atoms with Crippen LogP contribution in [-0.4, -0.2) is 0 Å². The standard InChI is InChI=1S/C56H61NO/c1-51(2)24-26-53(5,6)49-40(51)16-12-18-43(49)57(44-19-13-17-41-50(44)54(7,8)27-25-52(41,3)4)38-21-22-39-46(32-38)58-45-23-20-36(35-14-10-9-11-15-35)30-42(45)56(39)47-29-34-28-37-31-48(56)55(37,47)33-34/h9-23,30,32,34,37,47-48H,24-29,31,33H2,1-8H3. The van der Waals surface area contributed by atoms with E-state index < -0.39 is 0 Å². The topological polar surface area (TPSA) is 12.5 Å². The summed E-state index contributed by atoms with van der Waals surface area (Å²) in [4.78, 5) is 2.69. The van der Waals surface area contributed by atoms with Gasteiger partial charge >= 0.3 is 0 Å². The van der Waals surface area contributed by atoms with Crippen molar-refractivity contribution in [1.29, 1.82) is 0 Å². The van der Waals surface area contributed by atoms with Gasteiger partial charge in [-0.2, -0.15) is 0 Å². The molecular weight excluding hydrogens is 703 g/mol. The number of hydrogen-bond donors (Lipinski definition) is 0. The second-order valence-corrected chi connectivity index (χ2v) is 22.7. The molecule has 1 heterocycles. The summed E-state index contributed by atoms with van der Waals surface area (Å²) in [7, 11) is 0. The van der Waals surface area contributed by atoms with E-state index in [1.165, 1.54) is 113 Å². The Morgan fingerprint density at radius 3 is 1.76 bits per heavy atom. The van der Waals surface area contributed by atoms with Gasteiger partial charge < -0.3 is 9.64 Å². The first-order valence-electron chi connectivity index (χ1n) is 22.8. The van der Waals surface area contributed by atoms with Crippen LogP contribution in [0.5, 0.6) is 11.5 Å². The van der Waals surface area contributed by atoms with E-state index in [-0.39, 0.29) is 27.1 Å². The van der Waals surface area contributed by atoms with Gasteiger partial charge in [0.2, 0.25) is 0 Å². The minimum Gasteiger partial charge on any atom is -0.457 e. The van der Waals surface area contributed by atoms with E-state index in [1.54, 1.807) is 0 Å². The van der Waals surface area contributed by atoms with Gasteiger partial charge in [-0.3, -0.25) is 0 Å². The summed E-state index contributed by atoms with van der Waals surface area (Å²) in [6.45, 7) is 19.8. The van der Waals surface area contributed by atoms with E-state index in [0.717, 1.165) is 23.3 Å². The largest absolute Gasteiger partial charge is 0.457 e. The number of rotatable bonds is 4. The molecule has 0 N–H and O–H groups in total. The molecule has 6 aliphatic carbocycles. The van der Waals surface area contributed by atoms with Crippen molar-refractivity contribution >= 4 is 17.1 Å². The van der Waals surface area contributed by atoms with Crippen LogP contribution < -0.4 is 9.64 Å². The first-order chi connectivity index (χ1) is 27.7. The molecule has 0 aromatic heterocycles. The molecule has 0 saturated heterocycles. The van der Waals surface area contributed by atoms with Gasteiger partial charge in [-0.1, -0.05) is 122 Å². The maximum absolute atomic E-state index is 7.30. The lowest BCUT2D eigenvalue weighted by Gasteiger charge is -2.77. The van der Waals surface area contributed by atoms with Crippen LogP contribution in [0.2, 0.25) is 0 Å². The molecule has 6 unspecified atom stereocenters. The van der Waals surface area contributed by atoms with Gasteiger partial charge in [-0.05, 0) is 166 Å². The lowest BCUT2D eigenvalue weighted by atomic mass is 9.26. The third kappa shape index (κ3) is 4.35. The normalized spacial score (nSPS) is 31.4. The van der Waals surface area contributed by atoms with Gasteiger partial charge in [0.05, 0.1) is 11.4 Å². The molecule has 5 aromatic carbocycles. The molecule has 6 atom stereocenters. The number of benzene rings is 5. The van der Waals surface area contributed by atoms with Gasteiger partial charge in [0, 0.05) is 28.3 Å². The first kappa shape index (κ1) is 35.6. The average Bonchev–Trinajstić information content (AvgIpc) is 3.74. The van der Waals surface area contributed by atoms with E-state index >= 15 is 0 Å². The van der Waals surface area contributed by atoms with Crippen molar-refractivity contribution in [2.24, 2.45) is 29.1 Å². The van der Waals surface area contributed by atoms with Crippen LogP contribution in [0, 0.1) is 29.1 Å². The van der Waals surface area contributed by atoms with E-state index in [9.17, 15) is 0 Å². The van der Waals surface area contributed by atoms with Crippen molar-refractivity contribution in [2.75, 3.05) is 4.90 Å². The van der Waals surface area contributed by atoms with Gasteiger partial charge in [-0.25, -0.2) is 0 Å². The van der Waals surface area contributed by atoms with Crippen molar-refractivity contribution in [2.45, 2.75) is 134 Å². The Balaban J connectivity index is 1.10. The Morgan fingerprint density at radius 1 is 0.500 bits per heavy atom. The van der Waals surface area contributed by atoms with Crippen molar-refractivity contribution in [3.8, 4) is 22.6 Å². The van der Waals surface area contributed by atoms with Crippen LogP contribution in [0.15, 0.2) is 103 Å². The molecule has 1 aliphatic heterocycles. The molecule has 4 fully saturated rings. The lowest BCUT2D eigenvalue weighted by Crippen LogP contribution is -2.74. The average molecular weight is 764 g/mol. The molecule has 2 heteroatoms. The molecule has 2 bridgehead atoms. The van der Waals surface area contributed by atoms with Crippen LogP contribution in [0.25, 0.3) is 11.1 Å². The number of ether oxygens (including phenoxy) is 1. The molecule has 58 heavy (non-hydrogen) atoms. The van der Waals surface area contributed by atoms with Gasteiger partial charge in [0.1, 0.15) is 11.5 Å². The highest BCUT2D eigenvalue weighted by Crippen LogP contribution is 2.89. The maximum atomic E-state index is 7.30. The van der Waals surface area contributed by atoms with Gasteiger partial charge in [0.25, 0.3) is 0 Å². The second kappa shape index (κ2) is 11.3. The van der Waals surface area contributed by atoms with Crippen molar-refractivity contribution in [3.05, 3.63) is 137 Å². The summed E-state index contributed by atoms with van der Waals surface area (Å²) >= 11 is 0. The van der Waals surface area contributed by atoms with E-state index in [2.05, 4.69) is 163 Å². The Kier molecular flexibility index (Phi) is 6.93. The Labute approximate surface area is 347 Å². The zero-order valence-corrected chi connectivity index (χ0v) is 36.1. The lowest BCUT2D eigenvalue weighted by molar-refractivity contribution is -0.235. The van der Waals surface area contributed by atoms with Crippen molar-refractivity contribution in [3.63, 3.8) is 0 Å². The molecular formula is C56H61NO. The summed E-state index contributed by atoms with van der Waals surface area (Å²) in [5, 5.41) is 0. The molecule has 4 saturated carbocycles. The van der Waals surface area contributed by atoms with E-state index in [1.807, 2.05) is 0 Å². The Morgan fingerprint density at radius 2 is 1.12 bits per heavy atom. The molecule has 0 amide bonds. The third-order valence-corrected chi connectivity index (χ3v) is 18.1. The summed E-state index contributed by atoms with van der Waals surface area (Å²) in [6.07, 6.45) is 10.4. The molecule has 5 aromatic rings. The number of anilines is 3. The molecule has 2 spiro atoms. The third-order valence-electron chi connectivity index (χ3n) is 18.1. The van der Waals surface area contributed by atoms with Crippen LogP contribution in [0.3, 0.4) is 0 Å². The van der Waals surface area contributed by atoms with E-state index in [0.29, 0.717) is 17.3 Å². The minimum absolute atomic E-state index is 0.0125. The highest BCUT2D eigenvalue weighted by molar-refractivity contribution is 5.85. The Bertz CT molecular complexity index is 2480. The number of nitrogens with zero attached hydrogens (tertiary/aromatic N) is 1. The second-order valence-electron chi connectivity index (χ2n) is 22.7. The minimum atomic E-state index is 0.0125. The fourth-order valence-corrected chi connectivity index (χ4v) is 15.2. The van der Waals surface area contributed by atoms with Gasteiger partial charge in [-0.15, -0.1) is 0 Å². The zero-order valence-electron chi connectivity index (χ0n) is 36.1. The fourth-order valence-electron chi connectivity index (χ4n) is 15.2. The van der Waals surface area contributed by atoms with Crippen molar-refractivity contribution in [1.82, 2.24) is 0 Å². The van der Waals surface area contributed by atoms with Crippen LogP contribution in [0.4, 0.5) is 17.1 Å². The van der Waals surface area contributed by atoms with Crippen molar-refractivity contribution < 1.29 is 4.74 Å². The summed E-state index contributed by atoms with van der Waals surface area (Å²) in [5.41, 5.74) is 16.3. The highest BCUT2D eigenvalue weighted by Gasteiger charge is 2.84. The SMILES string of the molecule is CC1(C)CCC(C)(C)c2c(N(c3ccc4c(c3)Oc3ccc(-c5ccccc5)cc3C43C4CC5CC6CC3C64C5)c3cccc4c3C(C)(C)CCC4(C)C)cccc21. The smallest absolute Gasteiger partial charge is 0.133 e. The van der Waals surface area contributed by atoms with E-state index in [4.69, 9.17) is 4.74 Å². The predicted octanol–water partition coefficient (Wildman–Crippen LogP) is 15.0. The molecule has 0 radical (unpaired) electrons. The molecule has 12 rings (SSSR count). The molecule has 296 valence electrons. The predicted molar refractivity (Wildman–Crippen MR) is 239 cm³/mol. The van der Waals surface area contributed by atoms with Crippen LogP contribution in [-0.2, 0) is 27.1 Å². The zero-order chi connectivity index (χ0) is 39.8. The maximum Gasteiger partial charge on any atom is 0.133 e. The number of hydrogen-bond acceptors (Lipinski definition) is 2. The fraction of sp³-hybridized carbons (Fsp3) is 0.464. The highest BCUT2D eigenvalue weighted by atomic mass is 16.5. The quantitative estimate of drug-likeness (QED) is 0.181. The first-order valence-corrected chi connectivity index (χ1v) is 22.8.